The lowest BCUT2D eigenvalue weighted by Gasteiger charge is -2.53. The normalized spacial score (nSPS) is 48.5. The zero-order valence-corrected chi connectivity index (χ0v) is 29.4. The Morgan fingerprint density at radius 3 is 1.68 bits per heavy atom. The van der Waals surface area contributed by atoms with E-state index in [0.29, 0.717) is 5.92 Å². The van der Waals surface area contributed by atoms with Gasteiger partial charge in [0, 0.05) is 10.5 Å². The summed E-state index contributed by atoms with van der Waals surface area (Å²) in [5.74, 6) is 10.1. The van der Waals surface area contributed by atoms with Gasteiger partial charge in [-0.3, -0.25) is 4.79 Å². The fourth-order valence-corrected chi connectivity index (χ4v) is 11.6. The van der Waals surface area contributed by atoms with Crippen LogP contribution in [0.15, 0.2) is 0 Å². The van der Waals surface area contributed by atoms with Crippen LogP contribution in [0.3, 0.4) is 0 Å². The number of alkyl halides is 1. The van der Waals surface area contributed by atoms with Crippen molar-refractivity contribution in [3.8, 4) is 0 Å². The lowest BCUT2D eigenvalue weighted by molar-refractivity contribution is -0.156. The third-order valence-corrected chi connectivity index (χ3v) is 14.7. The molecule has 0 bridgehead atoms. The predicted molar refractivity (Wildman–Crippen MR) is 175 cm³/mol. The highest BCUT2D eigenvalue weighted by Crippen LogP contribution is 2.55. The molecule has 4 saturated carbocycles. The van der Waals surface area contributed by atoms with E-state index in [9.17, 15) is 4.79 Å². The van der Waals surface area contributed by atoms with Crippen molar-refractivity contribution in [1.82, 2.24) is 0 Å². The van der Waals surface area contributed by atoms with Gasteiger partial charge in [0.25, 0.3) is 0 Å². The van der Waals surface area contributed by atoms with Gasteiger partial charge in [0.2, 0.25) is 0 Å². The first-order valence-corrected chi connectivity index (χ1v) is 18.6. The van der Waals surface area contributed by atoms with Gasteiger partial charge in [-0.1, -0.05) is 77.5 Å². The van der Waals surface area contributed by atoms with E-state index in [1.807, 2.05) is 0 Å². The maximum absolute atomic E-state index is 12.6. The minimum Gasteiger partial charge on any atom is -0.469 e. The van der Waals surface area contributed by atoms with Gasteiger partial charge in [0.05, 0.1) is 19.1 Å². The van der Waals surface area contributed by atoms with E-state index in [-0.39, 0.29) is 18.0 Å². The van der Waals surface area contributed by atoms with Gasteiger partial charge in [-0.2, -0.15) is 0 Å². The Morgan fingerprint density at radius 1 is 0.675 bits per heavy atom. The predicted octanol–water partition coefficient (Wildman–Crippen LogP) is 9.84. The Balaban J connectivity index is 1.37. The first kappa shape index (κ1) is 33.1. The lowest BCUT2D eigenvalue weighted by Crippen LogP contribution is -2.46. The van der Waals surface area contributed by atoms with Crippen molar-refractivity contribution in [2.75, 3.05) is 13.7 Å². The summed E-state index contributed by atoms with van der Waals surface area (Å²) in [6, 6.07) is 0. The molecule has 0 heterocycles. The molecule has 0 radical (unpaired) electrons. The smallest absolute Gasteiger partial charge is 0.311 e. The van der Waals surface area contributed by atoms with Crippen LogP contribution in [0.2, 0.25) is 0 Å². The van der Waals surface area contributed by atoms with Crippen molar-refractivity contribution in [1.29, 1.82) is 0 Å². The third kappa shape index (κ3) is 7.44. The third-order valence-electron chi connectivity index (χ3n) is 13.0. The number of rotatable bonds is 8. The summed E-state index contributed by atoms with van der Waals surface area (Å²) in [5, 5.41) is 0. The number of hydrogen-bond donors (Lipinski definition) is 0. The summed E-state index contributed by atoms with van der Waals surface area (Å²) in [5.41, 5.74) is 0. The van der Waals surface area contributed by atoms with Crippen LogP contribution in [-0.4, -0.2) is 29.7 Å². The molecule has 4 aliphatic rings. The highest BCUT2D eigenvalue weighted by molar-refractivity contribution is 14.1. The van der Waals surface area contributed by atoms with E-state index in [4.69, 9.17) is 9.47 Å². The van der Waals surface area contributed by atoms with E-state index >= 15 is 0 Å². The minimum atomic E-state index is -0.0719. The maximum atomic E-state index is 12.6. The summed E-state index contributed by atoms with van der Waals surface area (Å²) in [7, 11) is 1.54. The molecule has 0 aromatic rings. The molecule has 15 unspecified atom stereocenters. The molecule has 3 nitrogen and oxygen atoms in total. The van der Waals surface area contributed by atoms with E-state index in [0.717, 1.165) is 108 Å². The van der Waals surface area contributed by atoms with E-state index < -0.39 is 0 Å². The summed E-state index contributed by atoms with van der Waals surface area (Å²) in [6.07, 6.45) is 14.0. The average molecular weight is 671 g/mol. The van der Waals surface area contributed by atoms with Gasteiger partial charge in [-0.15, -0.1) is 0 Å². The molecule has 0 N–H and O–H groups in total. The van der Waals surface area contributed by atoms with Crippen molar-refractivity contribution in [3.05, 3.63) is 0 Å². The first-order valence-electron chi connectivity index (χ1n) is 17.4. The fraction of sp³-hybridized carbons (Fsp3) is 0.972. The maximum Gasteiger partial charge on any atom is 0.311 e. The van der Waals surface area contributed by atoms with Crippen LogP contribution in [0, 0.1) is 76.9 Å². The van der Waals surface area contributed by atoms with Gasteiger partial charge in [-0.05, 0) is 135 Å². The second kappa shape index (κ2) is 14.8. The zero-order chi connectivity index (χ0) is 29.1. The summed E-state index contributed by atoms with van der Waals surface area (Å²) < 4.78 is 12.4. The molecule has 4 fully saturated rings. The second-order valence-electron chi connectivity index (χ2n) is 15.6. The van der Waals surface area contributed by atoms with Crippen LogP contribution in [0.4, 0.5) is 0 Å². The molecule has 0 aromatic heterocycles. The Labute approximate surface area is 261 Å². The van der Waals surface area contributed by atoms with Crippen molar-refractivity contribution in [2.24, 2.45) is 76.9 Å². The summed E-state index contributed by atoms with van der Waals surface area (Å²) in [4.78, 5) is 12.6. The SMILES string of the molecule is CCCCOC1CC(C2CC(C)C(C3CC(C)C(C4CC(C)C(I)CC4C)CC3C)CC2C)CCC1C(=O)OC. The Kier molecular flexibility index (Phi) is 12.2. The van der Waals surface area contributed by atoms with Gasteiger partial charge in [0.15, 0.2) is 0 Å². The fourth-order valence-electron chi connectivity index (χ4n) is 10.5. The monoisotopic (exact) mass is 670 g/mol. The van der Waals surface area contributed by atoms with Crippen LogP contribution in [0.25, 0.3) is 0 Å². The molecular formula is C36H63IO3. The number of carbonyl (C=O) groups is 1. The molecular weight excluding hydrogens is 607 g/mol. The number of carbonyl (C=O) groups excluding carboxylic acids is 1. The van der Waals surface area contributed by atoms with E-state index in [1.165, 1.54) is 45.6 Å². The molecule has 4 rings (SSSR count). The Hall–Kier alpha value is 0.160. The molecule has 40 heavy (non-hydrogen) atoms. The largest absolute Gasteiger partial charge is 0.469 e. The number of hydrogen-bond acceptors (Lipinski definition) is 3. The summed E-state index contributed by atoms with van der Waals surface area (Å²) in [6.45, 7) is 18.5. The number of halogens is 1. The number of ether oxygens (including phenoxy) is 2. The van der Waals surface area contributed by atoms with Gasteiger partial charge < -0.3 is 9.47 Å². The Bertz CT molecular complexity index is 801. The van der Waals surface area contributed by atoms with Crippen molar-refractivity contribution in [3.63, 3.8) is 0 Å². The molecule has 0 amide bonds. The molecule has 0 spiro atoms. The highest BCUT2D eigenvalue weighted by atomic mass is 127. The molecule has 0 aromatic carbocycles. The van der Waals surface area contributed by atoms with Crippen LogP contribution in [-0.2, 0) is 14.3 Å². The number of unbranched alkanes of at least 4 members (excludes halogenated alkanes) is 1. The average Bonchev–Trinajstić information content (AvgIpc) is 2.92. The summed E-state index contributed by atoms with van der Waals surface area (Å²) >= 11 is 2.73. The van der Waals surface area contributed by atoms with Crippen molar-refractivity contribution in [2.45, 2.75) is 129 Å². The number of esters is 1. The van der Waals surface area contributed by atoms with E-state index in [1.54, 1.807) is 0 Å². The molecule has 0 saturated heterocycles. The minimum absolute atomic E-state index is 0.0431. The van der Waals surface area contributed by atoms with Crippen molar-refractivity contribution < 1.29 is 14.3 Å². The second-order valence-corrected chi connectivity index (χ2v) is 17.2. The van der Waals surface area contributed by atoms with Crippen LogP contribution >= 0.6 is 22.6 Å². The zero-order valence-electron chi connectivity index (χ0n) is 27.2. The topological polar surface area (TPSA) is 35.5 Å². The molecule has 232 valence electrons. The molecule has 4 aliphatic carbocycles. The molecule has 0 aliphatic heterocycles. The molecule has 15 atom stereocenters. The Morgan fingerprint density at radius 2 is 1.15 bits per heavy atom. The van der Waals surface area contributed by atoms with E-state index in [2.05, 4.69) is 71.1 Å². The van der Waals surface area contributed by atoms with Crippen LogP contribution in [0.5, 0.6) is 0 Å². The lowest BCUT2D eigenvalue weighted by atomic mass is 9.53. The first-order chi connectivity index (χ1) is 19.0. The van der Waals surface area contributed by atoms with Gasteiger partial charge in [-0.25, -0.2) is 0 Å². The van der Waals surface area contributed by atoms with Gasteiger partial charge in [0.1, 0.15) is 0 Å². The van der Waals surface area contributed by atoms with Crippen LogP contribution < -0.4 is 0 Å². The van der Waals surface area contributed by atoms with Gasteiger partial charge >= 0.3 is 5.97 Å². The molecule has 4 heteroatoms. The quantitative estimate of drug-likeness (QED) is 0.112. The van der Waals surface area contributed by atoms with Crippen LogP contribution in [0.1, 0.15) is 119 Å². The van der Waals surface area contributed by atoms with Crippen molar-refractivity contribution >= 4 is 28.6 Å². The standard InChI is InChI=1S/C36H63IO3/c1-9-10-13-40-35-20-27(11-12-28(35)36(38)39-8)29-14-22(3)30(15-21(29)2)31-16-24(5)32(17-23(31)4)33-18-26(7)34(37)19-25(33)6/h21-35H,9-20H2,1-8H3. The highest BCUT2D eigenvalue weighted by Gasteiger charge is 2.48. The number of methoxy groups -OCH3 is 1.